The molecule has 0 aliphatic carbocycles. The lowest BCUT2D eigenvalue weighted by Gasteiger charge is -2.09. The predicted octanol–water partition coefficient (Wildman–Crippen LogP) is 2.66. The van der Waals surface area contributed by atoms with Gasteiger partial charge in [0, 0.05) is 10.9 Å². The van der Waals surface area contributed by atoms with E-state index in [2.05, 4.69) is 27.8 Å². The van der Waals surface area contributed by atoms with Gasteiger partial charge in [-0.2, -0.15) is 0 Å². The molecule has 0 saturated carbocycles. The summed E-state index contributed by atoms with van der Waals surface area (Å²) in [6.45, 7) is 3.43. The maximum Gasteiger partial charge on any atom is 0.337 e. The summed E-state index contributed by atoms with van der Waals surface area (Å²) in [6, 6.07) is 4.68. The van der Waals surface area contributed by atoms with Gasteiger partial charge in [-0.05, 0) is 28.1 Å². The third kappa shape index (κ3) is 2.93. The van der Waals surface area contributed by atoms with E-state index >= 15 is 0 Å². The summed E-state index contributed by atoms with van der Waals surface area (Å²) >= 11 is 3.19. The number of rotatable bonds is 4. The minimum atomic E-state index is -1.09. The van der Waals surface area contributed by atoms with Crippen LogP contribution in [0.15, 0.2) is 35.3 Å². The van der Waals surface area contributed by atoms with E-state index in [-0.39, 0.29) is 23.6 Å². The molecule has 0 atom stereocenters. The second-order valence-corrected chi connectivity index (χ2v) is 3.86. The minimum Gasteiger partial charge on any atom is -0.478 e. The van der Waals surface area contributed by atoms with Crippen molar-refractivity contribution in [3.05, 3.63) is 40.9 Å². The molecule has 0 bridgehead atoms. The number of hydrogen-bond donors (Lipinski definition) is 2. The molecule has 0 aliphatic rings. The summed E-state index contributed by atoms with van der Waals surface area (Å²) < 4.78 is 0.532. The molecule has 5 heteroatoms. The van der Waals surface area contributed by atoms with Crippen LogP contribution in [0.3, 0.4) is 0 Å². The Balaban J connectivity index is 3.06. The summed E-state index contributed by atoms with van der Waals surface area (Å²) in [4.78, 5) is 22.3. The Kier molecular flexibility index (Phi) is 4.25. The number of carbonyl (C=O) groups is 2. The molecule has 1 rings (SSSR count). The lowest BCUT2D eigenvalue weighted by Crippen LogP contribution is -2.14. The van der Waals surface area contributed by atoms with E-state index in [9.17, 15) is 9.59 Å². The lowest BCUT2D eigenvalue weighted by atomic mass is 10.1. The monoisotopic (exact) mass is 283 g/mol. The Labute approximate surface area is 101 Å². The number of hydrogen-bond acceptors (Lipinski definition) is 2. The van der Waals surface area contributed by atoms with Gasteiger partial charge in [-0.25, -0.2) is 4.79 Å². The largest absolute Gasteiger partial charge is 0.478 e. The lowest BCUT2D eigenvalue weighted by molar-refractivity contribution is -0.115. The van der Waals surface area contributed by atoms with E-state index in [4.69, 9.17) is 5.11 Å². The highest BCUT2D eigenvalue weighted by atomic mass is 79.9. The third-order valence-electron chi connectivity index (χ3n) is 1.84. The molecular weight excluding hydrogens is 274 g/mol. The summed E-state index contributed by atoms with van der Waals surface area (Å²) in [5, 5.41) is 11.5. The van der Waals surface area contributed by atoms with Crippen molar-refractivity contribution in [3.8, 4) is 0 Å². The minimum absolute atomic E-state index is 0.0480. The molecule has 16 heavy (non-hydrogen) atoms. The summed E-state index contributed by atoms with van der Waals surface area (Å²) in [5.74, 6) is -1.39. The van der Waals surface area contributed by atoms with Crippen molar-refractivity contribution in [1.82, 2.24) is 0 Å². The molecule has 4 nitrogen and oxygen atoms in total. The fourth-order valence-corrected chi connectivity index (χ4v) is 1.62. The zero-order valence-corrected chi connectivity index (χ0v) is 9.95. The maximum atomic E-state index is 11.3. The van der Waals surface area contributed by atoms with Gasteiger partial charge in [0.2, 0.25) is 5.91 Å². The molecule has 1 aromatic carbocycles. The number of carboxylic acids is 1. The van der Waals surface area contributed by atoms with Crippen LogP contribution < -0.4 is 5.32 Å². The quantitative estimate of drug-likeness (QED) is 0.835. The van der Waals surface area contributed by atoms with Crippen molar-refractivity contribution >= 4 is 33.5 Å². The maximum absolute atomic E-state index is 11.3. The van der Waals surface area contributed by atoms with Gasteiger partial charge < -0.3 is 10.4 Å². The molecule has 1 amide bonds. The van der Waals surface area contributed by atoms with Gasteiger partial charge in [-0.3, -0.25) is 4.79 Å². The van der Waals surface area contributed by atoms with Gasteiger partial charge in [0.25, 0.3) is 0 Å². The fraction of sp³-hybridized carbons (Fsp3) is 0.0909. The number of benzene rings is 1. The molecular formula is C11H10BrNO3. The van der Waals surface area contributed by atoms with Gasteiger partial charge in [0.05, 0.1) is 11.3 Å². The summed E-state index contributed by atoms with van der Waals surface area (Å²) in [6.07, 6.45) is 1.59. The van der Waals surface area contributed by atoms with Gasteiger partial charge in [-0.15, -0.1) is 6.58 Å². The fourth-order valence-electron chi connectivity index (χ4n) is 1.15. The van der Waals surface area contributed by atoms with E-state index in [1.807, 2.05) is 0 Å². The first kappa shape index (κ1) is 12.4. The molecule has 0 spiro atoms. The zero-order chi connectivity index (χ0) is 12.1. The van der Waals surface area contributed by atoms with E-state index in [1.165, 1.54) is 12.1 Å². The van der Waals surface area contributed by atoms with Crippen molar-refractivity contribution in [2.75, 3.05) is 5.32 Å². The summed E-state index contributed by atoms with van der Waals surface area (Å²) in [7, 11) is 0. The highest BCUT2D eigenvalue weighted by Gasteiger charge is 2.14. The van der Waals surface area contributed by atoms with E-state index < -0.39 is 5.97 Å². The van der Waals surface area contributed by atoms with Crippen LogP contribution in [-0.4, -0.2) is 17.0 Å². The van der Waals surface area contributed by atoms with Crippen LogP contribution >= 0.6 is 15.9 Å². The van der Waals surface area contributed by atoms with Gasteiger partial charge in [-0.1, -0.05) is 12.1 Å². The molecule has 1 aromatic rings. The van der Waals surface area contributed by atoms with Crippen LogP contribution in [0.25, 0.3) is 0 Å². The van der Waals surface area contributed by atoms with Gasteiger partial charge >= 0.3 is 5.97 Å². The first-order valence-electron chi connectivity index (χ1n) is 4.48. The summed E-state index contributed by atoms with van der Waals surface area (Å²) in [5.41, 5.74) is 0.314. The number of amides is 1. The smallest absolute Gasteiger partial charge is 0.337 e. The van der Waals surface area contributed by atoms with Crippen LogP contribution in [0, 0.1) is 0 Å². The van der Waals surface area contributed by atoms with E-state index in [0.29, 0.717) is 4.47 Å². The van der Waals surface area contributed by atoms with Crippen LogP contribution in [0.5, 0.6) is 0 Å². The van der Waals surface area contributed by atoms with Crippen molar-refractivity contribution < 1.29 is 14.7 Å². The highest BCUT2D eigenvalue weighted by molar-refractivity contribution is 9.10. The predicted molar refractivity (Wildman–Crippen MR) is 64.5 cm³/mol. The van der Waals surface area contributed by atoms with Crippen LogP contribution in [0.2, 0.25) is 0 Å². The number of para-hydroxylation sites is 1. The van der Waals surface area contributed by atoms with Crippen molar-refractivity contribution in [3.63, 3.8) is 0 Å². The molecule has 84 valence electrons. The number of aromatic carboxylic acids is 1. The number of halogens is 1. The molecule has 0 aromatic heterocycles. The topological polar surface area (TPSA) is 66.4 Å². The average Bonchev–Trinajstić information content (AvgIpc) is 2.21. The second-order valence-electron chi connectivity index (χ2n) is 3.01. The van der Waals surface area contributed by atoms with E-state index in [1.54, 1.807) is 12.1 Å². The van der Waals surface area contributed by atoms with Gasteiger partial charge in [0.1, 0.15) is 0 Å². The Morgan fingerprint density at radius 3 is 2.75 bits per heavy atom. The van der Waals surface area contributed by atoms with Gasteiger partial charge in [0.15, 0.2) is 0 Å². The molecule has 2 N–H and O–H groups in total. The molecule has 0 radical (unpaired) electrons. The number of carbonyl (C=O) groups excluding carboxylic acids is 1. The number of carboxylic acid groups (broad SMARTS) is 1. The highest BCUT2D eigenvalue weighted by Crippen LogP contribution is 2.26. The standard InChI is InChI=1S/C11H10BrNO3/c1-2-4-9(14)13-10-7(11(15)16)5-3-6-8(10)12/h2-3,5-6H,1,4H2,(H,13,14)(H,15,16). The first-order chi connectivity index (χ1) is 7.56. The zero-order valence-electron chi connectivity index (χ0n) is 8.37. The Hall–Kier alpha value is -1.62. The van der Waals surface area contributed by atoms with Crippen molar-refractivity contribution in [2.45, 2.75) is 6.42 Å². The van der Waals surface area contributed by atoms with Crippen molar-refractivity contribution in [1.29, 1.82) is 0 Å². The Morgan fingerprint density at radius 1 is 1.50 bits per heavy atom. The van der Waals surface area contributed by atoms with Crippen LogP contribution in [-0.2, 0) is 4.79 Å². The Morgan fingerprint density at radius 2 is 2.19 bits per heavy atom. The molecule has 0 unspecified atom stereocenters. The Bertz CT molecular complexity index is 443. The van der Waals surface area contributed by atoms with Crippen LogP contribution in [0.1, 0.15) is 16.8 Å². The van der Waals surface area contributed by atoms with Crippen LogP contribution in [0.4, 0.5) is 5.69 Å². The second kappa shape index (κ2) is 5.46. The number of anilines is 1. The van der Waals surface area contributed by atoms with Crippen molar-refractivity contribution in [2.24, 2.45) is 0 Å². The SMILES string of the molecule is C=CCC(=O)Nc1c(Br)cccc1C(=O)O. The normalized spacial score (nSPS) is 9.56. The third-order valence-corrected chi connectivity index (χ3v) is 2.50. The van der Waals surface area contributed by atoms with E-state index in [0.717, 1.165) is 0 Å². The molecule has 0 fully saturated rings. The first-order valence-corrected chi connectivity index (χ1v) is 5.28. The molecule has 0 aliphatic heterocycles. The average molecular weight is 284 g/mol. The molecule has 0 heterocycles. The number of nitrogens with one attached hydrogen (secondary N) is 1. The molecule has 0 saturated heterocycles.